The number of hydrazine groups is 1. The monoisotopic (exact) mass is 292 g/mol. The molecule has 0 aliphatic rings. The Morgan fingerprint density at radius 1 is 1.05 bits per heavy atom. The summed E-state index contributed by atoms with van der Waals surface area (Å²) < 4.78 is 0. The molecule has 2 aromatic rings. The molecule has 1 atom stereocenters. The fraction of sp³-hybridized carbons (Fsp3) is 0.105. The minimum Gasteiger partial charge on any atom is -0.287 e. The topological polar surface area (TPSA) is 41.1 Å². The number of hydrogen-bond acceptors (Lipinski definition) is 2. The number of rotatable bonds is 7. The maximum atomic E-state index is 12.0. The predicted octanol–water partition coefficient (Wildman–Crippen LogP) is 3.58. The quantitative estimate of drug-likeness (QED) is 0.605. The van der Waals surface area contributed by atoms with Crippen LogP contribution in [-0.2, 0) is 0 Å². The summed E-state index contributed by atoms with van der Waals surface area (Å²) >= 11 is 0. The van der Waals surface area contributed by atoms with E-state index in [0.29, 0.717) is 5.56 Å². The molecule has 0 unspecified atom stereocenters. The van der Waals surface area contributed by atoms with Gasteiger partial charge in [0.25, 0.3) is 5.91 Å². The SMILES string of the molecule is C=CC[C@@H](/C=C/c1ccccc1)NNC(=O)c1ccccc1. The highest BCUT2D eigenvalue weighted by Crippen LogP contribution is 2.04. The van der Waals surface area contributed by atoms with E-state index < -0.39 is 0 Å². The Morgan fingerprint density at radius 3 is 2.32 bits per heavy atom. The molecule has 0 fully saturated rings. The van der Waals surface area contributed by atoms with Crippen molar-refractivity contribution in [3.05, 3.63) is 90.5 Å². The summed E-state index contributed by atoms with van der Waals surface area (Å²) in [5, 5.41) is 0. The molecule has 0 bridgehead atoms. The van der Waals surface area contributed by atoms with Gasteiger partial charge in [0.1, 0.15) is 0 Å². The molecule has 0 saturated carbocycles. The van der Waals surface area contributed by atoms with Gasteiger partial charge >= 0.3 is 0 Å². The lowest BCUT2D eigenvalue weighted by Crippen LogP contribution is -2.43. The van der Waals surface area contributed by atoms with Crippen molar-refractivity contribution in [3.8, 4) is 0 Å². The van der Waals surface area contributed by atoms with Crippen LogP contribution in [0.5, 0.6) is 0 Å². The molecule has 2 rings (SSSR count). The van der Waals surface area contributed by atoms with Crippen LogP contribution in [0.25, 0.3) is 6.08 Å². The molecule has 0 aromatic heterocycles. The summed E-state index contributed by atoms with van der Waals surface area (Å²) in [6.45, 7) is 3.75. The van der Waals surface area contributed by atoms with Crippen molar-refractivity contribution in [2.45, 2.75) is 12.5 Å². The van der Waals surface area contributed by atoms with Gasteiger partial charge in [-0.15, -0.1) is 6.58 Å². The minimum atomic E-state index is -0.150. The van der Waals surface area contributed by atoms with Gasteiger partial charge in [-0.2, -0.15) is 0 Å². The van der Waals surface area contributed by atoms with Crippen LogP contribution in [0.15, 0.2) is 79.4 Å². The third kappa shape index (κ3) is 5.04. The number of hydrogen-bond donors (Lipinski definition) is 2. The van der Waals surface area contributed by atoms with Crippen molar-refractivity contribution >= 4 is 12.0 Å². The van der Waals surface area contributed by atoms with Crippen LogP contribution in [0.4, 0.5) is 0 Å². The van der Waals surface area contributed by atoms with Crippen LogP contribution >= 0.6 is 0 Å². The first-order valence-electron chi connectivity index (χ1n) is 7.24. The smallest absolute Gasteiger partial charge is 0.265 e. The standard InChI is InChI=1S/C19H20N2O/c1-2-9-18(15-14-16-10-5-3-6-11-16)20-21-19(22)17-12-7-4-8-13-17/h2-8,10-15,18,20H,1,9H2,(H,21,22)/b15-14+/t18-/m0/s1. The Morgan fingerprint density at radius 2 is 1.68 bits per heavy atom. The predicted molar refractivity (Wildman–Crippen MR) is 91.1 cm³/mol. The molecule has 1 amide bonds. The third-order valence-corrected chi connectivity index (χ3v) is 3.15. The van der Waals surface area contributed by atoms with Crippen molar-refractivity contribution in [1.29, 1.82) is 0 Å². The fourth-order valence-corrected chi connectivity index (χ4v) is 1.98. The second-order valence-corrected chi connectivity index (χ2v) is 4.87. The third-order valence-electron chi connectivity index (χ3n) is 3.15. The van der Waals surface area contributed by atoms with E-state index >= 15 is 0 Å². The molecule has 2 aromatic carbocycles. The number of nitrogens with one attached hydrogen (secondary N) is 2. The number of carbonyl (C=O) groups excluding carboxylic acids is 1. The normalized spacial score (nSPS) is 12.0. The highest BCUT2D eigenvalue weighted by atomic mass is 16.2. The van der Waals surface area contributed by atoms with Crippen LogP contribution < -0.4 is 10.9 Å². The molecule has 0 spiro atoms. The maximum Gasteiger partial charge on any atom is 0.265 e. The Hall–Kier alpha value is -2.65. The zero-order valence-electron chi connectivity index (χ0n) is 12.4. The van der Waals surface area contributed by atoms with Crippen LogP contribution in [0.2, 0.25) is 0 Å². The van der Waals surface area contributed by atoms with Gasteiger partial charge < -0.3 is 0 Å². The summed E-state index contributed by atoms with van der Waals surface area (Å²) in [6, 6.07) is 19.1. The van der Waals surface area contributed by atoms with E-state index in [-0.39, 0.29) is 11.9 Å². The van der Waals surface area contributed by atoms with Gasteiger partial charge in [0.2, 0.25) is 0 Å². The molecule has 22 heavy (non-hydrogen) atoms. The Balaban J connectivity index is 1.93. The van der Waals surface area contributed by atoms with Crippen molar-refractivity contribution in [1.82, 2.24) is 10.9 Å². The lowest BCUT2D eigenvalue weighted by Gasteiger charge is -2.14. The van der Waals surface area contributed by atoms with E-state index in [2.05, 4.69) is 17.4 Å². The lowest BCUT2D eigenvalue weighted by molar-refractivity contribution is 0.0929. The van der Waals surface area contributed by atoms with Crippen LogP contribution in [0, 0.1) is 0 Å². The highest BCUT2D eigenvalue weighted by Gasteiger charge is 2.06. The van der Waals surface area contributed by atoms with Gasteiger partial charge in [0.05, 0.1) is 0 Å². The summed E-state index contributed by atoms with van der Waals surface area (Å²) in [5.41, 5.74) is 7.51. The minimum absolute atomic E-state index is 0.00892. The van der Waals surface area contributed by atoms with Crippen LogP contribution in [-0.4, -0.2) is 11.9 Å². The first kappa shape index (κ1) is 15.7. The zero-order valence-corrected chi connectivity index (χ0v) is 12.4. The number of amides is 1. The molecule has 3 heteroatoms. The average Bonchev–Trinajstić information content (AvgIpc) is 2.59. The Kier molecular flexibility index (Phi) is 6.15. The number of carbonyl (C=O) groups is 1. The molecule has 0 aliphatic carbocycles. The van der Waals surface area contributed by atoms with Crippen molar-refractivity contribution in [3.63, 3.8) is 0 Å². The second-order valence-electron chi connectivity index (χ2n) is 4.87. The van der Waals surface area contributed by atoms with Gasteiger partial charge in [-0.3, -0.25) is 10.2 Å². The lowest BCUT2D eigenvalue weighted by atomic mass is 10.1. The van der Waals surface area contributed by atoms with Crippen LogP contribution in [0.3, 0.4) is 0 Å². The van der Waals surface area contributed by atoms with Crippen LogP contribution in [0.1, 0.15) is 22.3 Å². The van der Waals surface area contributed by atoms with E-state index in [9.17, 15) is 4.79 Å². The average molecular weight is 292 g/mol. The van der Waals surface area contributed by atoms with E-state index in [4.69, 9.17) is 0 Å². The summed E-state index contributed by atoms with van der Waals surface area (Å²) in [4.78, 5) is 12.0. The Labute approximate surface area is 131 Å². The second kappa shape index (κ2) is 8.60. The van der Waals surface area contributed by atoms with Gasteiger partial charge in [0, 0.05) is 11.6 Å². The molecule has 0 heterocycles. The highest BCUT2D eigenvalue weighted by molar-refractivity contribution is 5.93. The first-order chi connectivity index (χ1) is 10.8. The molecule has 0 radical (unpaired) electrons. The fourth-order valence-electron chi connectivity index (χ4n) is 1.98. The molecule has 112 valence electrons. The molecular weight excluding hydrogens is 272 g/mol. The summed E-state index contributed by atoms with van der Waals surface area (Å²) in [6.07, 6.45) is 6.58. The molecule has 2 N–H and O–H groups in total. The first-order valence-corrected chi connectivity index (χ1v) is 7.24. The van der Waals surface area contributed by atoms with E-state index in [0.717, 1.165) is 12.0 Å². The van der Waals surface area contributed by atoms with E-state index in [1.165, 1.54) is 0 Å². The molecule has 0 aliphatic heterocycles. The van der Waals surface area contributed by atoms with E-state index in [1.54, 1.807) is 12.1 Å². The zero-order chi connectivity index (χ0) is 15.6. The molecule has 3 nitrogen and oxygen atoms in total. The maximum absolute atomic E-state index is 12.0. The van der Waals surface area contributed by atoms with Crippen molar-refractivity contribution in [2.75, 3.05) is 0 Å². The van der Waals surface area contributed by atoms with Gasteiger partial charge in [-0.1, -0.05) is 66.8 Å². The van der Waals surface area contributed by atoms with Gasteiger partial charge in [-0.25, -0.2) is 5.43 Å². The van der Waals surface area contributed by atoms with Gasteiger partial charge in [-0.05, 0) is 24.1 Å². The van der Waals surface area contributed by atoms with Gasteiger partial charge in [0.15, 0.2) is 0 Å². The van der Waals surface area contributed by atoms with Crippen molar-refractivity contribution in [2.24, 2.45) is 0 Å². The largest absolute Gasteiger partial charge is 0.287 e. The molecule has 0 saturated heterocycles. The summed E-state index contributed by atoms with van der Waals surface area (Å²) in [5.74, 6) is -0.150. The number of benzene rings is 2. The summed E-state index contributed by atoms with van der Waals surface area (Å²) in [7, 11) is 0. The molecular formula is C19H20N2O. The van der Waals surface area contributed by atoms with Crippen molar-refractivity contribution < 1.29 is 4.79 Å². The van der Waals surface area contributed by atoms with E-state index in [1.807, 2.05) is 66.8 Å². The Bertz CT molecular complexity index is 620.